The van der Waals surface area contributed by atoms with E-state index in [1.54, 1.807) is 12.1 Å². The highest BCUT2D eigenvalue weighted by Gasteiger charge is 2.19. The van der Waals surface area contributed by atoms with Gasteiger partial charge in [0.15, 0.2) is 0 Å². The first-order valence-electron chi connectivity index (χ1n) is 7.18. The van der Waals surface area contributed by atoms with Crippen molar-refractivity contribution >= 4 is 27.0 Å². The van der Waals surface area contributed by atoms with E-state index in [1.165, 1.54) is 19.2 Å². The molecule has 0 spiro atoms. The largest absolute Gasteiger partial charge is 0.497 e. The summed E-state index contributed by atoms with van der Waals surface area (Å²) in [6.45, 7) is -0.251. The quantitative estimate of drug-likeness (QED) is 0.518. The fraction of sp³-hybridized carbons (Fsp3) is 0.125. The molecule has 26 heavy (non-hydrogen) atoms. The molecule has 0 saturated carbocycles. The van der Waals surface area contributed by atoms with E-state index in [0.29, 0.717) is 16.7 Å². The minimum Gasteiger partial charge on any atom is -0.497 e. The molecule has 0 unspecified atom stereocenters. The predicted molar refractivity (Wildman–Crippen MR) is 88.2 cm³/mol. The van der Waals surface area contributed by atoms with Crippen molar-refractivity contribution in [2.24, 2.45) is 5.14 Å². The maximum absolute atomic E-state index is 12.0. The Labute approximate surface area is 147 Å². The zero-order valence-electron chi connectivity index (χ0n) is 13.4. The van der Waals surface area contributed by atoms with Crippen LogP contribution in [0, 0.1) is 0 Å². The van der Waals surface area contributed by atoms with Crippen molar-refractivity contribution in [2.75, 3.05) is 7.11 Å². The fourth-order valence-electron chi connectivity index (χ4n) is 2.25. The van der Waals surface area contributed by atoms with Crippen molar-refractivity contribution in [2.45, 2.75) is 11.7 Å². The molecule has 2 N–H and O–H groups in total. The average Bonchev–Trinajstić information content (AvgIpc) is 3.09. The number of hydrogen-bond acceptors (Lipinski definition) is 8. The number of benzene rings is 1. The Hall–Kier alpha value is -3.11. The van der Waals surface area contributed by atoms with Gasteiger partial charge in [-0.2, -0.15) is 0 Å². The molecule has 0 aliphatic heterocycles. The van der Waals surface area contributed by atoms with Gasteiger partial charge < -0.3 is 18.3 Å². The summed E-state index contributed by atoms with van der Waals surface area (Å²) >= 11 is 0. The number of methoxy groups -OCH3 is 1. The highest BCUT2D eigenvalue weighted by Crippen LogP contribution is 2.23. The molecule has 0 aliphatic carbocycles. The van der Waals surface area contributed by atoms with Crippen LogP contribution in [0.5, 0.6) is 5.75 Å². The lowest BCUT2D eigenvalue weighted by atomic mass is 10.1. The summed E-state index contributed by atoms with van der Waals surface area (Å²) < 4.78 is 42.4. The molecule has 3 aromatic rings. The molecule has 0 saturated heterocycles. The molecule has 0 amide bonds. The van der Waals surface area contributed by atoms with Crippen molar-refractivity contribution < 1.29 is 31.5 Å². The molecule has 2 heterocycles. The summed E-state index contributed by atoms with van der Waals surface area (Å²) in [6.07, 6.45) is 0. The van der Waals surface area contributed by atoms with Crippen LogP contribution >= 0.6 is 0 Å². The van der Waals surface area contributed by atoms with E-state index < -0.39 is 26.7 Å². The fourth-order valence-corrected chi connectivity index (χ4v) is 2.72. The number of furan rings is 1. The van der Waals surface area contributed by atoms with Crippen LogP contribution in [0.25, 0.3) is 11.0 Å². The molecule has 0 radical (unpaired) electrons. The Morgan fingerprint density at radius 1 is 1.15 bits per heavy atom. The van der Waals surface area contributed by atoms with E-state index in [2.05, 4.69) is 0 Å². The summed E-state index contributed by atoms with van der Waals surface area (Å²) in [5, 5.41) is 4.91. The zero-order chi connectivity index (χ0) is 18.9. The molecule has 0 atom stereocenters. The van der Waals surface area contributed by atoms with E-state index in [-0.39, 0.29) is 18.0 Å². The van der Waals surface area contributed by atoms with Crippen molar-refractivity contribution in [3.05, 3.63) is 58.1 Å². The van der Waals surface area contributed by atoms with Crippen LogP contribution in [0.2, 0.25) is 0 Å². The van der Waals surface area contributed by atoms with E-state index >= 15 is 0 Å². The van der Waals surface area contributed by atoms with Crippen molar-refractivity contribution in [1.29, 1.82) is 0 Å². The summed E-state index contributed by atoms with van der Waals surface area (Å²) in [6, 6.07) is 8.23. The van der Waals surface area contributed by atoms with Crippen molar-refractivity contribution in [3.8, 4) is 5.75 Å². The summed E-state index contributed by atoms with van der Waals surface area (Å²) in [5.74, 6) is -0.737. The summed E-state index contributed by atoms with van der Waals surface area (Å²) in [7, 11) is -2.59. The van der Waals surface area contributed by atoms with E-state index in [9.17, 15) is 18.0 Å². The third-order valence-electron chi connectivity index (χ3n) is 3.46. The molecule has 1 aromatic carbocycles. The second kappa shape index (κ2) is 6.65. The number of primary sulfonamides is 1. The van der Waals surface area contributed by atoms with Crippen LogP contribution in [0.3, 0.4) is 0 Å². The average molecular weight is 379 g/mol. The number of carbonyl (C=O) groups excluding carboxylic acids is 1. The standard InChI is InChI=1S/C16H13NO8S/c1-22-10-2-3-11-9(6-14(18)24-13(11)7-10)8-23-16(19)12-4-5-15(25-12)26(17,20)21/h2-7H,8H2,1H3,(H2,17,20,21). The van der Waals surface area contributed by atoms with Gasteiger partial charge in [0, 0.05) is 23.1 Å². The molecule has 9 nitrogen and oxygen atoms in total. The Balaban J connectivity index is 1.84. The molecular weight excluding hydrogens is 366 g/mol. The third-order valence-corrected chi connectivity index (χ3v) is 4.24. The highest BCUT2D eigenvalue weighted by molar-refractivity contribution is 7.89. The van der Waals surface area contributed by atoms with Crippen LogP contribution in [0.4, 0.5) is 0 Å². The van der Waals surface area contributed by atoms with E-state index in [4.69, 9.17) is 23.4 Å². The Kier molecular flexibility index (Phi) is 4.53. The molecule has 3 rings (SSSR count). The molecule has 0 bridgehead atoms. The monoisotopic (exact) mass is 379 g/mol. The first kappa shape index (κ1) is 17.7. The SMILES string of the molecule is COc1ccc2c(COC(=O)c3ccc(S(N)(=O)=O)o3)cc(=O)oc2c1. The van der Waals surface area contributed by atoms with Crippen molar-refractivity contribution in [3.63, 3.8) is 0 Å². The Morgan fingerprint density at radius 3 is 2.58 bits per heavy atom. The lowest BCUT2D eigenvalue weighted by Gasteiger charge is -2.07. The van der Waals surface area contributed by atoms with Gasteiger partial charge in [-0.3, -0.25) is 0 Å². The topological polar surface area (TPSA) is 139 Å². The molecule has 10 heteroatoms. The molecule has 2 aromatic heterocycles. The van der Waals surface area contributed by atoms with Gasteiger partial charge in [0.2, 0.25) is 10.9 Å². The number of sulfonamides is 1. The normalized spacial score (nSPS) is 11.5. The van der Waals surface area contributed by atoms with Gasteiger partial charge in [0.25, 0.3) is 10.0 Å². The molecule has 0 fully saturated rings. The van der Waals surface area contributed by atoms with Crippen molar-refractivity contribution in [1.82, 2.24) is 0 Å². The second-order valence-corrected chi connectivity index (χ2v) is 6.68. The lowest BCUT2D eigenvalue weighted by Crippen LogP contribution is -2.11. The number of ether oxygens (including phenoxy) is 2. The van der Waals surface area contributed by atoms with Crippen LogP contribution in [0.1, 0.15) is 16.1 Å². The Bertz CT molecular complexity index is 1140. The van der Waals surface area contributed by atoms with E-state index in [1.807, 2.05) is 0 Å². The van der Waals surface area contributed by atoms with Crippen LogP contribution < -0.4 is 15.5 Å². The smallest absolute Gasteiger partial charge is 0.374 e. The van der Waals surface area contributed by atoms with Crippen LogP contribution in [-0.2, 0) is 21.4 Å². The predicted octanol–water partition coefficient (Wildman–Crippen LogP) is 1.40. The van der Waals surface area contributed by atoms with Crippen LogP contribution in [0.15, 0.2) is 55.1 Å². The summed E-state index contributed by atoms with van der Waals surface area (Å²) in [5.41, 5.74) is 0.0641. The van der Waals surface area contributed by atoms with Gasteiger partial charge in [0.05, 0.1) is 7.11 Å². The number of carbonyl (C=O) groups is 1. The van der Waals surface area contributed by atoms with E-state index in [0.717, 1.165) is 12.1 Å². The third kappa shape index (κ3) is 3.60. The first-order valence-corrected chi connectivity index (χ1v) is 8.73. The van der Waals surface area contributed by atoms with Gasteiger partial charge in [-0.05, 0) is 24.3 Å². The Morgan fingerprint density at radius 2 is 1.92 bits per heavy atom. The maximum Gasteiger partial charge on any atom is 0.374 e. The number of hydrogen-bond donors (Lipinski definition) is 1. The molecule has 0 aliphatic rings. The minimum atomic E-state index is -4.06. The lowest BCUT2D eigenvalue weighted by molar-refractivity contribution is 0.0431. The number of rotatable bonds is 5. The molecular formula is C16H13NO8S. The first-order chi connectivity index (χ1) is 12.3. The zero-order valence-corrected chi connectivity index (χ0v) is 14.2. The van der Waals surface area contributed by atoms with Gasteiger partial charge in [-0.1, -0.05) is 0 Å². The minimum absolute atomic E-state index is 0.251. The van der Waals surface area contributed by atoms with Gasteiger partial charge in [-0.25, -0.2) is 23.1 Å². The van der Waals surface area contributed by atoms with Gasteiger partial charge >= 0.3 is 11.6 Å². The highest BCUT2D eigenvalue weighted by atomic mass is 32.2. The number of fused-ring (bicyclic) bond motifs is 1. The van der Waals surface area contributed by atoms with Gasteiger partial charge in [-0.15, -0.1) is 0 Å². The van der Waals surface area contributed by atoms with Crippen LogP contribution in [-0.4, -0.2) is 21.5 Å². The second-order valence-electron chi connectivity index (χ2n) is 5.19. The molecule has 136 valence electrons. The maximum atomic E-state index is 12.0. The summed E-state index contributed by atoms with van der Waals surface area (Å²) in [4.78, 5) is 23.7. The van der Waals surface area contributed by atoms with Gasteiger partial charge in [0.1, 0.15) is 17.9 Å². The number of esters is 1. The number of nitrogens with two attached hydrogens (primary N) is 1.